The van der Waals surface area contributed by atoms with E-state index in [1.54, 1.807) is 0 Å². The van der Waals surface area contributed by atoms with Crippen LogP contribution in [0.25, 0.3) is 0 Å². The van der Waals surface area contributed by atoms with Gasteiger partial charge in [-0.15, -0.1) is 0 Å². The summed E-state index contributed by atoms with van der Waals surface area (Å²) in [5.41, 5.74) is 0. The van der Waals surface area contributed by atoms with E-state index in [1.807, 2.05) is 0 Å². The molecule has 0 aliphatic heterocycles. The Morgan fingerprint density at radius 3 is 1.00 bits per heavy atom. The molecular formula is C6H10-2. The number of hydrogen-bond acceptors (Lipinski definition) is 0. The molecule has 0 saturated carbocycles. The first kappa shape index (κ1) is 8.97. The van der Waals surface area contributed by atoms with E-state index < -0.39 is 0 Å². The average Bonchev–Trinajstić information content (AvgIpc) is 1.39. The second-order valence-electron chi connectivity index (χ2n) is 0.577. The summed E-state index contributed by atoms with van der Waals surface area (Å²) in [6.07, 6.45) is 3.00. The molecular weight excluding hydrogens is 72.1 g/mol. The lowest BCUT2D eigenvalue weighted by Gasteiger charge is -1.47. The van der Waals surface area contributed by atoms with E-state index in [1.165, 1.54) is 12.2 Å². The van der Waals surface area contributed by atoms with Gasteiger partial charge in [0.15, 0.2) is 0 Å². The third kappa shape index (κ3) is 26.1. The van der Waals surface area contributed by atoms with Gasteiger partial charge in [-0.2, -0.15) is 0 Å². The molecule has 0 bridgehead atoms. The van der Waals surface area contributed by atoms with Gasteiger partial charge in [-0.05, 0) is 0 Å². The topological polar surface area (TPSA) is 0 Å². The molecule has 0 aromatic heterocycles. The fourth-order valence-electron chi connectivity index (χ4n) is 0. The van der Waals surface area contributed by atoms with E-state index in [0.29, 0.717) is 0 Å². The molecule has 0 saturated heterocycles. The van der Waals surface area contributed by atoms with Crippen molar-refractivity contribution in [1.29, 1.82) is 0 Å². The Labute approximate surface area is 40.2 Å². The molecule has 0 aliphatic rings. The molecule has 0 heteroatoms. The second-order valence-corrected chi connectivity index (χ2v) is 0.577. The van der Waals surface area contributed by atoms with Gasteiger partial charge < -0.3 is 0 Å². The Morgan fingerprint density at radius 2 is 1.00 bits per heavy atom. The summed E-state index contributed by atoms with van der Waals surface area (Å²) in [7, 11) is 0. The SMILES string of the molecule is C=C[CH2-].C=C[CH2-]. The molecule has 36 valence electrons. The fraction of sp³-hybridized carbons (Fsp3) is 0. The lowest BCUT2D eigenvalue weighted by atomic mass is 10.8. The predicted molar refractivity (Wildman–Crippen MR) is 31.1 cm³/mol. The highest BCUT2D eigenvalue weighted by molar-refractivity contribution is 4.66. The van der Waals surface area contributed by atoms with E-state index in [-0.39, 0.29) is 0 Å². The molecule has 0 N–H and O–H groups in total. The molecule has 0 aromatic carbocycles. The number of rotatable bonds is 0. The minimum atomic E-state index is 1.50. The van der Waals surface area contributed by atoms with Crippen LogP contribution >= 0.6 is 0 Å². The molecule has 0 rings (SSSR count). The van der Waals surface area contributed by atoms with E-state index >= 15 is 0 Å². The molecule has 6 heavy (non-hydrogen) atoms. The van der Waals surface area contributed by atoms with Crippen LogP contribution in [0.1, 0.15) is 0 Å². The van der Waals surface area contributed by atoms with Gasteiger partial charge in [-0.1, -0.05) is 0 Å². The Morgan fingerprint density at radius 1 is 1.00 bits per heavy atom. The standard InChI is InChI=1S/2C3H5/c2*1-3-2/h2*3H,1-2H2/q2*-1. The maximum Gasteiger partial charge on any atom is -0.238 e. The van der Waals surface area contributed by atoms with Crippen molar-refractivity contribution < 1.29 is 0 Å². The highest BCUT2D eigenvalue weighted by Crippen LogP contribution is 1.36. The van der Waals surface area contributed by atoms with Crippen LogP contribution in [0.2, 0.25) is 0 Å². The highest BCUT2D eigenvalue weighted by atomic mass is 13.2. The van der Waals surface area contributed by atoms with E-state index in [0.717, 1.165) is 0 Å². The molecule has 0 unspecified atom stereocenters. The molecule has 0 amide bonds. The Kier molecular flexibility index (Phi) is 43.9. The molecule has 0 heterocycles. The predicted octanol–water partition coefficient (Wildman–Crippen LogP) is 2.01. The summed E-state index contributed by atoms with van der Waals surface area (Å²) in [6, 6.07) is 0. The molecule has 0 aliphatic carbocycles. The van der Waals surface area contributed by atoms with Crippen molar-refractivity contribution in [3.8, 4) is 0 Å². The first-order valence-corrected chi connectivity index (χ1v) is 1.63. The van der Waals surface area contributed by atoms with Crippen LogP contribution in [0.15, 0.2) is 25.3 Å². The van der Waals surface area contributed by atoms with Crippen molar-refractivity contribution in [1.82, 2.24) is 0 Å². The third-order valence-electron chi connectivity index (χ3n) is 0. The Balaban J connectivity index is 0. The average molecular weight is 82.1 g/mol. The molecule has 0 aromatic rings. The summed E-state index contributed by atoms with van der Waals surface area (Å²) in [6.45, 7) is 13.0. The Hall–Kier alpha value is -0.780. The zero-order valence-corrected chi connectivity index (χ0v) is 3.98. The van der Waals surface area contributed by atoms with Crippen molar-refractivity contribution in [3.63, 3.8) is 0 Å². The minimum absolute atomic E-state index is 1.50. The van der Waals surface area contributed by atoms with Gasteiger partial charge in [0.2, 0.25) is 0 Å². The fourth-order valence-corrected chi connectivity index (χ4v) is 0. The third-order valence-corrected chi connectivity index (χ3v) is 0. The number of allylic oxidation sites excluding steroid dienone is 2. The minimum Gasteiger partial charge on any atom is -0.245 e. The summed E-state index contributed by atoms with van der Waals surface area (Å²) >= 11 is 0. The van der Waals surface area contributed by atoms with Crippen molar-refractivity contribution in [3.05, 3.63) is 39.2 Å². The van der Waals surface area contributed by atoms with Crippen LogP contribution in [0, 0.1) is 13.8 Å². The van der Waals surface area contributed by atoms with Crippen molar-refractivity contribution in [2.75, 3.05) is 0 Å². The van der Waals surface area contributed by atoms with E-state index in [9.17, 15) is 0 Å². The largest absolute Gasteiger partial charge is 0.245 e. The Bertz CT molecular complexity index is 21.0. The van der Waals surface area contributed by atoms with Crippen LogP contribution in [-0.2, 0) is 0 Å². The normalized spacial score (nSPS) is 4.00. The van der Waals surface area contributed by atoms with Gasteiger partial charge in [0.1, 0.15) is 0 Å². The van der Waals surface area contributed by atoms with Crippen molar-refractivity contribution in [2.24, 2.45) is 0 Å². The lowest BCUT2D eigenvalue weighted by Crippen LogP contribution is -1.09. The molecule has 0 atom stereocenters. The monoisotopic (exact) mass is 82.1 g/mol. The summed E-state index contributed by atoms with van der Waals surface area (Å²) in [5.74, 6) is 0. The summed E-state index contributed by atoms with van der Waals surface area (Å²) in [4.78, 5) is 0. The molecule has 0 spiro atoms. The zero-order chi connectivity index (χ0) is 5.41. The first-order valence-electron chi connectivity index (χ1n) is 1.63. The second kappa shape index (κ2) is 29.4. The molecule has 0 nitrogen and oxygen atoms in total. The van der Waals surface area contributed by atoms with Crippen molar-refractivity contribution in [2.45, 2.75) is 0 Å². The lowest BCUT2D eigenvalue weighted by molar-refractivity contribution is 2.19. The zero-order valence-electron chi connectivity index (χ0n) is 3.98. The van der Waals surface area contributed by atoms with Gasteiger partial charge in [-0.25, -0.2) is 39.2 Å². The van der Waals surface area contributed by atoms with Gasteiger partial charge in [0, 0.05) is 0 Å². The van der Waals surface area contributed by atoms with Crippen molar-refractivity contribution >= 4 is 0 Å². The van der Waals surface area contributed by atoms with Gasteiger partial charge in [-0.3, -0.25) is 0 Å². The van der Waals surface area contributed by atoms with Crippen LogP contribution in [0.4, 0.5) is 0 Å². The maximum atomic E-state index is 3.25. The molecule has 0 radical (unpaired) electrons. The van der Waals surface area contributed by atoms with Crippen LogP contribution in [0.5, 0.6) is 0 Å². The summed E-state index contributed by atoms with van der Waals surface area (Å²) < 4.78 is 0. The van der Waals surface area contributed by atoms with Gasteiger partial charge in [0.05, 0.1) is 0 Å². The summed E-state index contributed by atoms with van der Waals surface area (Å²) in [5, 5.41) is 0. The smallest absolute Gasteiger partial charge is 0.238 e. The van der Waals surface area contributed by atoms with E-state index in [2.05, 4.69) is 27.0 Å². The van der Waals surface area contributed by atoms with Crippen LogP contribution in [0.3, 0.4) is 0 Å². The van der Waals surface area contributed by atoms with E-state index in [4.69, 9.17) is 0 Å². The quantitative estimate of drug-likeness (QED) is 0.392. The van der Waals surface area contributed by atoms with Crippen LogP contribution < -0.4 is 0 Å². The number of hydrogen-bond donors (Lipinski definition) is 0. The van der Waals surface area contributed by atoms with Gasteiger partial charge >= 0.3 is 0 Å². The highest BCUT2D eigenvalue weighted by Gasteiger charge is 0.986. The van der Waals surface area contributed by atoms with Crippen LogP contribution in [-0.4, -0.2) is 0 Å². The first-order chi connectivity index (χ1) is 2.83. The van der Waals surface area contributed by atoms with Gasteiger partial charge in [0.25, 0.3) is 0 Å². The molecule has 0 fully saturated rings. The maximum absolute atomic E-state index is 3.25.